The van der Waals surface area contributed by atoms with Crippen LogP contribution in [0.15, 0.2) is 18.2 Å². The lowest BCUT2D eigenvalue weighted by atomic mass is 10.0. The fourth-order valence-electron chi connectivity index (χ4n) is 4.06. The number of rotatable bonds is 4. The minimum Gasteiger partial charge on any atom is -0.379 e. The number of hydrogen-bond donors (Lipinski definition) is 0. The molecule has 0 aliphatic carbocycles. The van der Waals surface area contributed by atoms with E-state index in [9.17, 15) is 13.6 Å². The summed E-state index contributed by atoms with van der Waals surface area (Å²) in [6.45, 7) is 6.44. The van der Waals surface area contributed by atoms with Crippen LogP contribution in [0.5, 0.6) is 0 Å². The minimum absolute atomic E-state index is 0.176. The second-order valence-electron chi connectivity index (χ2n) is 7.44. The predicted octanol–water partition coefficient (Wildman–Crippen LogP) is 1.75. The molecule has 2 aliphatic heterocycles. The van der Waals surface area contributed by atoms with E-state index in [0.29, 0.717) is 32.2 Å². The van der Waals surface area contributed by atoms with Crippen LogP contribution in [0.4, 0.5) is 8.78 Å². The molecule has 0 bridgehead atoms. The molecule has 0 spiro atoms. The lowest BCUT2D eigenvalue weighted by molar-refractivity contribution is -0.135. The number of hydrogen-bond acceptors (Lipinski definition) is 4. The van der Waals surface area contributed by atoms with Crippen LogP contribution < -0.4 is 0 Å². The van der Waals surface area contributed by atoms with Crippen molar-refractivity contribution in [1.29, 1.82) is 0 Å². The summed E-state index contributed by atoms with van der Waals surface area (Å²) >= 11 is 0. The zero-order chi connectivity index (χ0) is 18.8. The normalized spacial score (nSPS) is 25.7. The third-order valence-electron chi connectivity index (χ3n) is 5.42. The summed E-state index contributed by atoms with van der Waals surface area (Å²) in [5.41, 5.74) is -0.176. The molecule has 2 aliphatic rings. The molecule has 3 atom stereocenters. The first-order valence-corrected chi connectivity index (χ1v) is 9.11. The number of halogens is 2. The summed E-state index contributed by atoms with van der Waals surface area (Å²) in [4.78, 5) is 18.9. The molecule has 2 saturated heterocycles. The van der Waals surface area contributed by atoms with Crippen LogP contribution in [0.2, 0.25) is 0 Å². The molecule has 0 saturated carbocycles. The fourth-order valence-corrected chi connectivity index (χ4v) is 4.06. The number of ether oxygens (including phenoxy) is 1. The van der Waals surface area contributed by atoms with E-state index in [4.69, 9.17) is 4.74 Å². The number of carbonyl (C=O) groups is 1. The van der Waals surface area contributed by atoms with Crippen molar-refractivity contribution in [2.24, 2.45) is 5.92 Å². The number of nitrogens with zero attached hydrogens (tertiary/aromatic N) is 3. The Balaban J connectivity index is 1.80. The van der Waals surface area contributed by atoms with E-state index in [2.05, 4.69) is 11.8 Å². The van der Waals surface area contributed by atoms with Gasteiger partial charge in [-0.3, -0.25) is 14.6 Å². The first-order chi connectivity index (χ1) is 12.4. The van der Waals surface area contributed by atoms with Crippen molar-refractivity contribution in [3.8, 4) is 0 Å². The maximum Gasteiger partial charge on any atom is 0.244 e. The van der Waals surface area contributed by atoms with Gasteiger partial charge in [-0.05, 0) is 32.1 Å². The first kappa shape index (κ1) is 19.2. The Hall–Kier alpha value is -1.57. The summed E-state index contributed by atoms with van der Waals surface area (Å²) in [6, 6.07) is 3.01. The summed E-state index contributed by atoms with van der Waals surface area (Å²) in [6.07, 6.45) is 0. The van der Waals surface area contributed by atoms with Crippen LogP contribution in [0.25, 0.3) is 0 Å². The van der Waals surface area contributed by atoms with Crippen LogP contribution >= 0.6 is 0 Å². The van der Waals surface area contributed by atoms with Crippen molar-refractivity contribution in [3.05, 3.63) is 35.4 Å². The van der Waals surface area contributed by atoms with Gasteiger partial charge in [0.05, 0.1) is 18.8 Å². The van der Waals surface area contributed by atoms with Gasteiger partial charge in [-0.25, -0.2) is 8.78 Å². The molecule has 0 aromatic heterocycles. The van der Waals surface area contributed by atoms with Gasteiger partial charge in [-0.1, -0.05) is 13.0 Å². The van der Waals surface area contributed by atoms with E-state index < -0.39 is 17.7 Å². The SMILES string of the molecule is C[C@@H]1CN(C(=O)[C@H](c2c(F)cccc2F)N(C)C)C[C@@H]1N1CCOCC1. The largest absolute Gasteiger partial charge is 0.379 e. The van der Waals surface area contributed by atoms with E-state index in [-0.39, 0.29) is 17.5 Å². The number of likely N-dealkylation sites (N-methyl/N-ethyl adjacent to an activating group) is 1. The molecule has 3 rings (SSSR count). The molecular formula is C19H27F2N3O2. The fraction of sp³-hybridized carbons (Fsp3) is 0.632. The van der Waals surface area contributed by atoms with Gasteiger partial charge in [-0.15, -0.1) is 0 Å². The van der Waals surface area contributed by atoms with E-state index in [1.807, 2.05) is 0 Å². The van der Waals surface area contributed by atoms with Gasteiger partial charge in [0.25, 0.3) is 0 Å². The molecule has 1 amide bonds. The summed E-state index contributed by atoms with van der Waals surface area (Å²) < 4.78 is 34.0. The maximum absolute atomic E-state index is 14.3. The molecule has 2 heterocycles. The maximum atomic E-state index is 14.3. The van der Waals surface area contributed by atoms with Gasteiger partial charge in [0.2, 0.25) is 5.91 Å². The van der Waals surface area contributed by atoms with E-state index >= 15 is 0 Å². The summed E-state index contributed by atoms with van der Waals surface area (Å²) in [5, 5.41) is 0. The second kappa shape index (κ2) is 7.98. The topological polar surface area (TPSA) is 36.0 Å². The minimum atomic E-state index is -0.966. The van der Waals surface area contributed by atoms with Gasteiger partial charge in [0, 0.05) is 32.2 Å². The third-order valence-corrected chi connectivity index (χ3v) is 5.42. The Kier molecular flexibility index (Phi) is 5.89. The number of carbonyl (C=O) groups excluding carboxylic acids is 1. The zero-order valence-corrected chi connectivity index (χ0v) is 15.6. The average Bonchev–Trinajstić information content (AvgIpc) is 3.00. The smallest absolute Gasteiger partial charge is 0.244 e. The number of benzene rings is 1. The van der Waals surface area contributed by atoms with E-state index in [1.54, 1.807) is 23.9 Å². The van der Waals surface area contributed by atoms with Crippen molar-refractivity contribution in [1.82, 2.24) is 14.7 Å². The molecule has 26 heavy (non-hydrogen) atoms. The Labute approximate surface area is 153 Å². The monoisotopic (exact) mass is 367 g/mol. The molecule has 144 valence electrons. The van der Waals surface area contributed by atoms with Crippen LogP contribution in [0.1, 0.15) is 18.5 Å². The lowest BCUT2D eigenvalue weighted by Crippen LogP contribution is -2.47. The number of likely N-dealkylation sites (tertiary alicyclic amines) is 1. The van der Waals surface area contributed by atoms with Crippen LogP contribution in [-0.2, 0) is 9.53 Å². The van der Waals surface area contributed by atoms with Gasteiger partial charge in [0.15, 0.2) is 0 Å². The number of morpholine rings is 1. The molecular weight excluding hydrogens is 340 g/mol. The second-order valence-corrected chi connectivity index (χ2v) is 7.44. The molecule has 0 radical (unpaired) electrons. The Morgan fingerprint density at radius 3 is 2.38 bits per heavy atom. The first-order valence-electron chi connectivity index (χ1n) is 9.11. The molecule has 5 nitrogen and oxygen atoms in total. The van der Waals surface area contributed by atoms with E-state index in [0.717, 1.165) is 13.1 Å². The lowest BCUT2D eigenvalue weighted by Gasteiger charge is -2.34. The van der Waals surface area contributed by atoms with Crippen molar-refractivity contribution >= 4 is 5.91 Å². The van der Waals surface area contributed by atoms with Crippen molar-refractivity contribution in [3.63, 3.8) is 0 Å². The summed E-state index contributed by atoms with van der Waals surface area (Å²) in [7, 11) is 3.35. The third kappa shape index (κ3) is 3.75. The Morgan fingerprint density at radius 2 is 1.81 bits per heavy atom. The van der Waals surface area contributed by atoms with E-state index in [1.165, 1.54) is 18.2 Å². The molecule has 1 aromatic carbocycles. The van der Waals surface area contributed by atoms with Gasteiger partial charge in [0.1, 0.15) is 17.7 Å². The molecule has 0 N–H and O–H groups in total. The molecule has 7 heteroatoms. The van der Waals surface area contributed by atoms with Crippen molar-refractivity contribution in [2.75, 3.05) is 53.5 Å². The number of amides is 1. The van der Waals surface area contributed by atoms with Crippen LogP contribution in [0.3, 0.4) is 0 Å². The average molecular weight is 367 g/mol. The van der Waals surface area contributed by atoms with Crippen LogP contribution in [0, 0.1) is 17.6 Å². The molecule has 1 aromatic rings. The molecule has 2 fully saturated rings. The van der Waals surface area contributed by atoms with Crippen LogP contribution in [-0.4, -0.2) is 80.1 Å². The highest BCUT2D eigenvalue weighted by Gasteiger charge is 2.40. The van der Waals surface area contributed by atoms with Crippen molar-refractivity contribution < 1.29 is 18.3 Å². The zero-order valence-electron chi connectivity index (χ0n) is 15.6. The molecule has 0 unspecified atom stereocenters. The quantitative estimate of drug-likeness (QED) is 0.812. The Morgan fingerprint density at radius 1 is 1.19 bits per heavy atom. The highest BCUT2D eigenvalue weighted by molar-refractivity contribution is 5.83. The summed E-state index contributed by atoms with van der Waals surface area (Å²) in [5.74, 6) is -1.31. The standard InChI is InChI=1S/C19H27F2N3O2/c1-13-11-24(12-16(13)23-7-9-26-10-8-23)19(25)18(22(2)3)17-14(20)5-4-6-15(17)21/h4-6,13,16,18H,7-12H2,1-3H3/t13-,16+,18+/m1/s1. The van der Waals surface area contributed by atoms with Gasteiger partial charge in [-0.2, -0.15) is 0 Å². The van der Waals surface area contributed by atoms with Crippen molar-refractivity contribution in [2.45, 2.75) is 19.0 Å². The Bertz CT molecular complexity index is 629. The van der Waals surface area contributed by atoms with Gasteiger partial charge >= 0.3 is 0 Å². The predicted molar refractivity (Wildman–Crippen MR) is 94.7 cm³/mol. The highest BCUT2D eigenvalue weighted by Crippen LogP contribution is 2.30. The highest BCUT2D eigenvalue weighted by atomic mass is 19.1. The van der Waals surface area contributed by atoms with Gasteiger partial charge < -0.3 is 9.64 Å².